The predicted molar refractivity (Wildman–Crippen MR) is 159 cm³/mol. The van der Waals surface area contributed by atoms with Gasteiger partial charge >= 0.3 is 5.97 Å². The molecule has 5 rings (SSSR count). The first-order valence-electron chi connectivity index (χ1n) is 12.6. The molecule has 41 heavy (non-hydrogen) atoms. The standard InChI is InChI=1S/C27H25BrN6O5S2/c1-2-38-32-18(22-31-27(29)41-33-22)23(35)30-19-24(36)34-20(17(13-28)14-40-25(19)34)26(37)39-21(15-9-5-3-6-10-15)16-11-7-4-8-12-16/h3-12,19,21,25H,2,13-14H2,1H3,(H,30,35)(H2,29,31,33)/t19-,25-/m1/s1. The first-order valence-corrected chi connectivity index (χ1v) is 15.5. The fraction of sp³-hybridized carbons (Fsp3) is 0.259. The summed E-state index contributed by atoms with van der Waals surface area (Å²) in [5.41, 5.74) is 7.97. The van der Waals surface area contributed by atoms with E-state index in [9.17, 15) is 14.4 Å². The van der Waals surface area contributed by atoms with Crippen LogP contribution in [-0.2, 0) is 24.0 Å². The fourth-order valence-electron chi connectivity index (χ4n) is 4.38. The van der Waals surface area contributed by atoms with Crippen LogP contribution in [0.5, 0.6) is 0 Å². The molecule has 0 radical (unpaired) electrons. The van der Waals surface area contributed by atoms with Crippen LogP contribution in [0, 0.1) is 0 Å². The zero-order valence-electron chi connectivity index (χ0n) is 21.7. The van der Waals surface area contributed by atoms with E-state index in [0.29, 0.717) is 11.1 Å². The number of nitrogen functional groups attached to an aromatic ring is 1. The summed E-state index contributed by atoms with van der Waals surface area (Å²) >= 11 is 5.80. The minimum atomic E-state index is -0.908. The number of carbonyl (C=O) groups excluding carboxylic acids is 3. The number of esters is 1. The number of nitrogens with zero attached hydrogens (tertiary/aromatic N) is 4. The van der Waals surface area contributed by atoms with Gasteiger partial charge in [-0.3, -0.25) is 14.5 Å². The quantitative estimate of drug-likeness (QED) is 0.110. The lowest BCUT2D eigenvalue weighted by Crippen LogP contribution is -2.71. The van der Waals surface area contributed by atoms with E-state index in [-0.39, 0.29) is 29.0 Å². The molecule has 3 aromatic rings. The third-order valence-corrected chi connectivity index (χ3v) is 8.83. The molecule has 0 saturated carbocycles. The van der Waals surface area contributed by atoms with Crippen LogP contribution in [0.1, 0.15) is 30.0 Å². The zero-order chi connectivity index (χ0) is 28.9. The van der Waals surface area contributed by atoms with Crippen molar-refractivity contribution in [3.8, 4) is 0 Å². The van der Waals surface area contributed by atoms with E-state index in [1.807, 2.05) is 60.7 Å². The Balaban J connectivity index is 1.37. The fourth-order valence-corrected chi connectivity index (χ4v) is 6.88. The Bertz CT molecular complexity index is 1460. The van der Waals surface area contributed by atoms with Gasteiger partial charge in [-0.2, -0.15) is 9.36 Å². The number of aromatic nitrogens is 2. The van der Waals surface area contributed by atoms with Gasteiger partial charge < -0.3 is 20.6 Å². The van der Waals surface area contributed by atoms with Crippen molar-refractivity contribution in [3.63, 3.8) is 0 Å². The van der Waals surface area contributed by atoms with Gasteiger partial charge in [-0.25, -0.2) is 4.79 Å². The van der Waals surface area contributed by atoms with Crippen LogP contribution >= 0.6 is 39.2 Å². The smallest absolute Gasteiger partial charge is 0.356 e. The molecule has 2 aliphatic heterocycles. The monoisotopic (exact) mass is 656 g/mol. The number of β-lactam (4-membered cyclic amide) rings is 1. The summed E-state index contributed by atoms with van der Waals surface area (Å²) in [6.45, 7) is 1.92. The van der Waals surface area contributed by atoms with Crippen molar-refractivity contribution in [3.05, 3.63) is 88.9 Å². The van der Waals surface area contributed by atoms with Crippen LogP contribution in [0.4, 0.5) is 5.13 Å². The molecule has 2 aliphatic rings. The highest BCUT2D eigenvalue weighted by Crippen LogP contribution is 2.42. The number of alkyl halides is 1. The van der Waals surface area contributed by atoms with E-state index in [1.165, 1.54) is 16.7 Å². The summed E-state index contributed by atoms with van der Waals surface area (Å²) in [4.78, 5) is 50.8. The Hall–Kier alpha value is -3.75. The second-order valence-electron chi connectivity index (χ2n) is 8.87. The van der Waals surface area contributed by atoms with Gasteiger partial charge in [-0.05, 0) is 23.6 Å². The Morgan fingerprint density at radius 2 is 1.83 bits per heavy atom. The minimum Gasteiger partial charge on any atom is -0.448 e. The highest BCUT2D eigenvalue weighted by atomic mass is 79.9. The van der Waals surface area contributed by atoms with Gasteiger partial charge in [0.05, 0.1) is 0 Å². The molecule has 0 bridgehead atoms. The number of amides is 2. The van der Waals surface area contributed by atoms with Crippen LogP contribution in [0.3, 0.4) is 0 Å². The highest BCUT2D eigenvalue weighted by Gasteiger charge is 2.55. The topological polar surface area (TPSA) is 149 Å². The summed E-state index contributed by atoms with van der Waals surface area (Å²) < 4.78 is 10.1. The first kappa shape index (κ1) is 28.8. The van der Waals surface area contributed by atoms with Crippen LogP contribution in [0.25, 0.3) is 0 Å². The number of thioether (sulfide) groups is 1. The summed E-state index contributed by atoms with van der Waals surface area (Å²) in [6.07, 6.45) is -0.677. The number of fused-ring (bicyclic) bond motifs is 1. The molecule has 0 spiro atoms. The van der Waals surface area contributed by atoms with Crippen LogP contribution < -0.4 is 11.1 Å². The Morgan fingerprint density at radius 3 is 2.39 bits per heavy atom. The molecule has 11 nitrogen and oxygen atoms in total. The summed E-state index contributed by atoms with van der Waals surface area (Å²) in [5.74, 6) is -1.30. The molecule has 1 fully saturated rings. The molecule has 3 heterocycles. The molecule has 0 aliphatic carbocycles. The van der Waals surface area contributed by atoms with E-state index in [4.69, 9.17) is 15.3 Å². The lowest BCUT2D eigenvalue weighted by Gasteiger charge is -2.49. The largest absolute Gasteiger partial charge is 0.448 e. The SMILES string of the molecule is CCON=C(C(=O)N[C@@H]1C(=O)N2C(C(=O)OC(c3ccccc3)c3ccccc3)=C(CBr)CS[C@H]12)c1nsc(N)n1. The molecular weight excluding hydrogens is 632 g/mol. The highest BCUT2D eigenvalue weighted by molar-refractivity contribution is 9.09. The van der Waals surface area contributed by atoms with E-state index in [0.717, 1.165) is 28.2 Å². The first-order chi connectivity index (χ1) is 19.9. The third-order valence-electron chi connectivity index (χ3n) is 6.27. The number of carbonyl (C=O) groups is 3. The second-order valence-corrected chi connectivity index (χ2v) is 11.3. The van der Waals surface area contributed by atoms with E-state index in [2.05, 4.69) is 35.8 Å². The van der Waals surface area contributed by atoms with Crippen molar-refractivity contribution in [2.75, 3.05) is 23.4 Å². The summed E-state index contributed by atoms with van der Waals surface area (Å²) in [5, 5.41) is 6.55. The molecule has 2 aromatic carbocycles. The number of anilines is 1. The zero-order valence-corrected chi connectivity index (χ0v) is 24.9. The van der Waals surface area contributed by atoms with E-state index < -0.39 is 35.3 Å². The number of nitrogens with one attached hydrogen (secondary N) is 1. The van der Waals surface area contributed by atoms with Crippen LogP contribution in [0.2, 0.25) is 0 Å². The Kier molecular flexibility index (Phi) is 9.00. The average Bonchev–Trinajstić information content (AvgIpc) is 3.44. The van der Waals surface area contributed by atoms with Crippen molar-refractivity contribution >= 4 is 67.9 Å². The number of halogens is 1. The molecule has 2 atom stereocenters. The molecule has 3 N–H and O–H groups in total. The van der Waals surface area contributed by atoms with Crippen molar-refractivity contribution in [1.29, 1.82) is 0 Å². The number of hydrogen-bond acceptors (Lipinski definition) is 11. The Labute approximate surface area is 252 Å². The van der Waals surface area contributed by atoms with Crippen LogP contribution in [-0.4, -0.2) is 66.9 Å². The van der Waals surface area contributed by atoms with Gasteiger partial charge in [0.1, 0.15) is 23.7 Å². The number of benzene rings is 2. The second kappa shape index (κ2) is 12.8. The molecular formula is C27H25BrN6O5S2. The van der Waals surface area contributed by atoms with Gasteiger partial charge in [0.2, 0.25) is 11.5 Å². The maximum Gasteiger partial charge on any atom is 0.356 e. The lowest BCUT2D eigenvalue weighted by molar-refractivity contribution is -0.154. The van der Waals surface area contributed by atoms with Gasteiger partial charge in [-0.1, -0.05) is 81.7 Å². The molecule has 0 unspecified atom stereocenters. The summed E-state index contributed by atoms with van der Waals surface area (Å²) in [7, 11) is 0. The Morgan fingerprint density at radius 1 is 1.17 bits per heavy atom. The number of ether oxygens (including phenoxy) is 1. The van der Waals surface area contributed by atoms with Gasteiger partial charge in [0, 0.05) is 22.6 Å². The van der Waals surface area contributed by atoms with Crippen molar-refractivity contribution in [1.82, 2.24) is 19.6 Å². The molecule has 1 saturated heterocycles. The van der Waals surface area contributed by atoms with Gasteiger partial charge in [0.15, 0.2) is 11.2 Å². The van der Waals surface area contributed by atoms with Gasteiger partial charge in [0.25, 0.3) is 11.8 Å². The minimum absolute atomic E-state index is 0.00280. The maximum absolute atomic E-state index is 13.7. The van der Waals surface area contributed by atoms with E-state index >= 15 is 0 Å². The van der Waals surface area contributed by atoms with Crippen molar-refractivity contribution < 1.29 is 24.0 Å². The average molecular weight is 658 g/mol. The molecule has 2 amide bonds. The van der Waals surface area contributed by atoms with Gasteiger partial charge in [-0.15, -0.1) is 11.8 Å². The van der Waals surface area contributed by atoms with Crippen LogP contribution in [0.15, 0.2) is 77.1 Å². The number of oxime groups is 1. The lowest BCUT2D eigenvalue weighted by atomic mass is 10.0. The number of nitrogens with two attached hydrogens (primary N) is 1. The van der Waals surface area contributed by atoms with E-state index in [1.54, 1.807) is 6.92 Å². The number of rotatable bonds is 10. The molecule has 212 valence electrons. The maximum atomic E-state index is 13.7. The summed E-state index contributed by atoms with van der Waals surface area (Å²) in [6, 6.07) is 17.9. The third kappa shape index (κ3) is 5.99. The van der Waals surface area contributed by atoms with Crippen molar-refractivity contribution in [2.24, 2.45) is 5.16 Å². The predicted octanol–water partition coefficient (Wildman–Crippen LogP) is 3.24. The number of hydrogen-bond donors (Lipinski definition) is 2. The van der Waals surface area contributed by atoms with Crippen molar-refractivity contribution in [2.45, 2.75) is 24.4 Å². The molecule has 14 heteroatoms. The molecule has 1 aromatic heterocycles. The normalized spacial score (nSPS) is 18.6.